The van der Waals surface area contributed by atoms with Gasteiger partial charge in [0.15, 0.2) is 5.96 Å². The second-order valence-corrected chi connectivity index (χ2v) is 5.90. The maximum atomic E-state index is 5.77. The first-order chi connectivity index (χ1) is 12.2. The fourth-order valence-corrected chi connectivity index (χ4v) is 2.17. The highest BCUT2D eigenvalue weighted by molar-refractivity contribution is 5.79. The van der Waals surface area contributed by atoms with Gasteiger partial charge in [0, 0.05) is 26.3 Å². The fourth-order valence-electron chi connectivity index (χ4n) is 2.17. The molecule has 0 bridgehead atoms. The van der Waals surface area contributed by atoms with E-state index in [1.807, 2.05) is 44.4 Å². The predicted molar refractivity (Wildman–Crippen MR) is 102 cm³/mol. The van der Waals surface area contributed by atoms with Gasteiger partial charge < -0.3 is 20.3 Å². The summed E-state index contributed by atoms with van der Waals surface area (Å²) in [7, 11) is 5.83. The Morgan fingerprint density at radius 2 is 1.96 bits per heavy atom. The van der Waals surface area contributed by atoms with E-state index in [1.165, 1.54) is 0 Å². The first-order valence-electron chi connectivity index (χ1n) is 8.38. The van der Waals surface area contributed by atoms with Crippen molar-refractivity contribution >= 4 is 5.96 Å². The van der Waals surface area contributed by atoms with Gasteiger partial charge in [-0.2, -0.15) is 0 Å². The number of rotatable bonds is 8. The zero-order valence-electron chi connectivity index (χ0n) is 15.2. The highest BCUT2D eigenvalue weighted by Gasteiger charge is 2.01. The number of pyridine rings is 1. The Bertz CT molecular complexity index is 658. The number of nitrogens with one attached hydrogen (secondary N) is 2. The first kappa shape index (κ1) is 18.7. The summed E-state index contributed by atoms with van der Waals surface area (Å²) >= 11 is 0. The van der Waals surface area contributed by atoms with Gasteiger partial charge in [-0.3, -0.25) is 9.98 Å². The lowest BCUT2D eigenvalue weighted by atomic mass is 10.2. The number of hydrogen-bond donors (Lipinski definition) is 2. The van der Waals surface area contributed by atoms with Gasteiger partial charge in [-0.25, -0.2) is 0 Å². The number of nitrogens with zero attached hydrogens (tertiary/aromatic N) is 3. The Hall–Kier alpha value is -2.60. The van der Waals surface area contributed by atoms with E-state index in [0.29, 0.717) is 19.7 Å². The summed E-state index contributed by atoms with van der Waals surface area (Å²) in [5.74, 6) is 1.63. The zero-order valence-corrected chi connectivity index (χ0v) is 15.2. The minimum Gasteiger partial charge on any atom is -0.492 e. The van der Waals surface area contributed by atoms with Gasteiger partial charge in [0.1, 0.15) is 12.4 Å². The molecule has 0 radical (unpaired) electrons. The zero-order chi connectivity index (χ0) is 17.9. The Kier molecular flexibility index (Phi) is 7.72. The van der Waals surface area contributed by atoms with E-state index in [2.05, 4.69) is 37.6 Å². The van der Waals surface area contributed by atoms with Crippen LogP contribution in [0.2, 0.25) is 0 Å². The van der Waals surface area contributed by atoms with Gasteiger partial charge >= 0.3 is 0 Å². The second kappa shape index (κ2) is 10.3. The topological polar surface area (TPSA) is 61.8 Å². The Morgan fingerprint density at radius 3 is 2.68 bits per heavy atom. The van der Waals surface area contributed by atoms with E-state index in [9.17, 15) is 0 Å². The average Bonchev–Trinajstić information content (AvgIpc) is 2.63. The van der Waals surface area contributed by atoms with Crippen LogP contribution >= 0.6 is 0 Å². The van der Waals surface area contributed by atoms with Crippen molar-refractivity contribution in [3.63, 3.8) is 0 Å². The van der Waals surface area contributed by atoms with Crippen molar-refractivity contribution in [1.82, 2.24) is 20.5 Å². The third-order valence-electron chi connectivity index (χ3n) is 3.55. The molecule has 0 amide bonds. The average molecular weight is 341 g/mol. The Labute approximate surface area is 149 Å². The summed E-state index contributed by atoms with van der Waals surface area (Å²) in [5.41, 5.74) is 2.12. The van der Waals surface area contributed by atoms with Crippen LogP contribution in [-0.2, 0) is 13.1 Å². The molecule has 0 atom stereocenters. The van der Waals surface area contributed by atoms with E-state index in [1.54, 1.807) is 13.2 Å². The number of aliphatic imine (C=N–C) groups is 1. The van der Waals surface area contributed by atoms with Crippen LogP contribution in [0.15, 0.2) is 53.7 Å². The standard InChI is InChI=1S/C19H27N5O/c1-20-19(23-15-17-8-4-5-10-21-17)22-14-16-7-6-9-18(13-16)25-12-11-24(2)3/h4-10,13H,11-12,14-15H2,1-3H3,(H2,20,22,23). The molecule has 0 aliphatic rings. The van der Waals surface area contributed by atoms with Gasteiger partial charge in [0.25, 0.3) is 0 Å². The molecule has 2 N–H and O–H groups in total. The molecule has 1 aromatic heterocycles. The highest BCUT2D eigenvalue weighted by atomic mass is 16.5. The van der Waals surface area contributed by atoms with Gasteiger partial charge in [0.2, 0.25) is 0 Å². The summed E-state index contributed by atoms with van der Waals surface area (Å²) in [5, 5.41) is 6.56. The smallest absolute Gasteiger partial charge is 0.191 e. The maximum absolute atomic E-state index is 5.77. The molecule has 2 aromatic rings. The quantitative estimate of drug-likeness (QED) is 0.567. The third-order valence-corrected chi connectivity index (χ3v) is 3.55. The summed E-state index contributed by atoms with van der Waals surface area (Å²) in [6.45, 7) is 2.88. The van der Waals surface area contributed by atoms with E-state index >= 15 is 0 Å². The Morgan fingerprint density at radius 1 is 1.12 bits per heavy atom. The van der Waals surface area contributed by atoms with Crippen LogP contribution in [0.1, 0.15) is 11.3 Å². The van der Waals surface area contributed by atoms with Gasteiger partial charge in [-0.05, 0) is 43.9 Å². The minimum absolute atomic E-state index is 0.633. The lowest BCUT2D eigenvalue weighted by Gasteiger charge is -2.13. The largest absolute Gasteiger partial charge is 0.492 e. The number of likely N-dealkylation sites (N-methyl/N-ethyl adjacent to an activating group) is 1. The summed E-state index contributed by atoms with van der Waals surface area (Å²) < 4.78 is 5.77. The van der Waals surface area contributed by atoms with Crippen LogP contribution in [0.3, 0.4) is 0 Å². The molecule has 0 aliphatic heterocycles. The van der Waals surface area contributed by atoms with Crippen molar-refractivity contribution in [1.29, 1.82) is 0 Å². The molecule has 6 heteroatoms. The van der Waals surface area contributed by atoms with Crippen molar-refractivity contribution < 1.29 is 4.74 Å². The van der Waals surface area contributed by atoms with Crippen LogP contribution in [-0.4, -0.2) is 50.1 Å². The highest BCUT2D eigenvalue weighted by Crippen LogP contribution is 2.13. The van der Waals surface area contributed by atoms with Crippen LogP contribution in [0.4, 0.5) is 0 Å². The van der Waals surface area contributed by atoms with Crippen molar-refractivity contribution in [3.8, 4) is 5.75 Å². The lowest BCUT2D eigenvalue weighted by Crippen LogP contribution is -2.36. The minimum atomic E-state index is 0.633. The molecule has 0 aliphatic carbocycles. The van der Waals surface area contributed by atoms with Crippen molar-refractivity contribution in [2.24, 2.45) is 4.99 Å². The molecule has 2 rings (SSSR count). The SMILES string of the molecule is CN=C(NCc1cccc(OCCN(C)C)c1)NCc1ccccn1. The van der Waals surface area contributed by atoms with Crippen LogP contribution in [0.5, 0.6) is 5.75 Å². The molecule has 0 saturated heterocycles. The molecule has 6 nitrogen and oxygen atoms in total. The molecule has 134 valence electrons. The number of aromatic nitrogens is 1. The third kappa shape index (κ3) is 7.22. The van der Waals surface area contributed by atoms with Crippen LogP contribution < -0.4 is 15.4 Å². The molecule has 25 heavy (non-hydrogen) atoms. The molecule has 0 fully saturated rings. The number of benzene rings is 1. The molecular weight excluding hydrogens is 314 g/mol. The number of guanidine groups is 1. The van der Waals surface area contributed by atoms with E-state index in [0.717, 1.165) is 29.5 Å². The molecule has 1 aromatic carbocycles. The number of ether oxygens (including phenoxy) is 1. The van der Waals surface area contributed by atoms with E-state index in [-0.39, 0.29) is 0 Å². The fraction of sp³-hybridized carbons (Fsp3) is 0.368. The summed E-state index contributed by atoms with van der Waals surface area (Å²) in [4.78, 5) is 10.6. The van der Waals surface area contributed by atoms with Crippen LogP contribution in [0.25, 0.3) is 0 Å². The molecule has 0 unspecified atom stereocenters. The van der Waals surface area contributed by atoms with Gasteiger partial charge in [-0.15, -0.1) is 0 Å². The monoisotopic (exact) mass is 341 g/mol. The van der Waals surface area contributed by atoms with Crippen molar-refractivity contribution in [2.75, 3.05) is 34.3 Å². The first-order valence-corrected chi connectivity index (χ1v) is 8.38. The second-order valence-electron chi connectivity index (χ2n) is 5.90. The molecule has 0 saturated carbocycles. The normalized spacial score (nSPS) is 11.4. The van der Waals surface area contributed by atoms with Crippen molar-refractivity contribution in [3.05, 3.63) is 59.9 Å². The van der Waals surface area contributed by atoms with Crippen LogP contribution in [0, 0.1) is 0 Å². The summed E-state index contributed by atoms with van der Waals surface area (Å²) in [6.07, 6.45) is 1.79. The predicted octanol–water partition coefficient (Wildman–Crippen LogP) is 1.89. The lowest BCUT2D eigenvalue weighted by molar-refractivity contribution is 0.261. The number of hydrogen-bond acceptors (Lipinski definition) is 4. The van der Waals surface area contributed by atoms with Gasteiger partial charge in [-0.1, -0.05) is 18.2 Å². The van der Waals surface area contributed by atoms with E-state index in [4.69, 9.17) is 4.74 Å². The molecular formula is C19H27N5O. The maximum Gasteiger partial charge on any atom is 0.191 e. The summed E-state index contributed by atoms with van der Waals surface area (Å²) in [6, 6.07) is 14.0. The molecule has 0 spiro atoms. The van der Waals surface area contributed by atoms with E-state index < -0.39 is 0 Å². The Balaban J connectivity index is 1.80. The van der Waals surface area contributed by atoms with Crippen molar-refractivity contribution in [2.45, 2.75) is 13.1 Å². The molecule has 1 heterocycles. The van der Waals surface area contributed by atoms with Gasteiger partial charge in [0.05, 0.1) is 12.2 Å².